The molecule has 2 rings (SSSR count). The number of benzene rings is 1. The monoisotopic (exact) mass is 323 g/mol. The molecule has 6 heteroatoms. The second-order valence-corrected chi connectivity index (χ2v) is 5.65. The molecule has 0 saturated heterocycles. The molecule has 0 aliphatic rings. The van der Waals surface area contributed by atoms with Gasteiger partial charge in [-0.05, 0) is 38.1 Å². The predicted octanol–water partition coefficient (Wildman–Crippen LogP) is 4.14. The van der Waals surface area contributed by atoms with Gasteiger partial charge in [-0.25, -0.2) is 5.43 Å². The van der Waals surface area contributed by atoms with Gasteiger partial charge in [-0.15, -0.1) is 0 Å². The van der Waals surface area contributed by atoms with Crippen molar-refractivity contribution in [2.75, 3.05) is 0 Å². The summed E-state index contributed by atoms with van der Waals surface area (Å²) >= 11 is 11.7. The molecule has 0 spiro atoms. The number of hydrogen-bond donors (Lipinski definition) is 1. The van der Waals surface area contributed by atoms with Crippen LogP contribution in [0.25, 0.3) is 0 Å². The highest BCUT2D eigenvalue weighted by atomic mass is 35.5. The van der Waals surface area contributed by atoms with Crippen molar-refractivity contribution in [1.29, 1.82) is 0 Å². The zero-order chi connectivity index (χ0) is 15.4. The number of hydrazone groups is 1. The Labute approximate surface area is 133 Å². The van der Waals surface area contributed by atoms with E-state index < -0.39 is 0 Å². The zero-order valence-electron chi connectivity index (χ0n) is 11.7. The minimum absolute atomic E-state index is 0.293. The van der Waals surface area contributed by atoms with Crippen molar-refractivity contribution in [3.8, 4) is 0 Å². The van der Waals surface area contributed by atoms with Gasteiger partial charge in [-0.1, -0.05) is 23.2 Å². The summed E-state index contributed by atoms with van der Waals surface area (Å²) in [6.45, 7) is 4.18. The molecule has 0 radical (unpaired) electrons. The number of hydrogen-bond acceptors (Lipinski definition) is 2. The topological polar surface area (TPSA) is 46.4 Å². The number of amides is 1. The van der Waals surface area contributed by atoms with E-state index in [4.69, 9.17) is 23.2 Å². The number of halogens is 2. The summed E-state index contributed by atoms with van der Waals surface area (Å²) in [4.78, 5) is 11.9. The molecule has 1 amide bonds. The maximum atomic E-state index is 11.9. The van der Waals surface area contributed by atoms with Gasteiger partial charge in [-0.3, -0.25) is 4.79 Å². The Morgan fingerprint density at radius 3 is 2.71 bits per heavy atom. The number of carbonyl (C=O) groups excluding carboxylic acids is 1. The quantitative estimate of drug-likeness (QED) is 0.667. The van der Waals surface area contributed by atoms with Gasteiger partial charge in [0.25, 0.3) is 5.91 Å². The molecule has 0 saturated carbocycles. The first kappa shape index (κ1) is 15.6. The van der Waals surface area contributed by atoms with Crippen molar-refractivity contribution in [1.82, 2.24) is 9.99 Å². The fourth-order valence-electron chi connectivity index (χ4n) is 1.73. The standard InChI is InChI=1S/C15H15Cl2N3O/c1-10(2)20-6-5-11(9-20)8-18-19-15(21)13-4-3-12(16)7-14(13)17/h3-10H,1-2H3,(H,19,21)/b18-8-. The molecule has 21 heavy (non-hydrogen) atoms. The predicted molar refractivity (Wildman–Crippen MR) is 86.3 cm³/mol. The van der Waals surface area contributed by atoms with Crippen molar-refractivity contribution in [2.24, 2.45) is 5.10 Å². The zero-order valence-corrected chi connectivity index (χ0v) is 13.2. The van der Waals surface area contributed by atoms with Gasteiger partial charge in [0, 0.05) is 29.0 Å². The lowest BCUT2D eigenvalue weighted by Crippen LogP contribution is -2.17. The Kier molecular flexibility index (Phi) is 5.04. The maximum absolute atomic E-state index is 11.9. The summed E-state index contributed by atoms with van der Waals surface area (Å²) in [7, 11) is 0. The fourth-order valence-corrected chi connectivity index (χ4v) is 2.22. The average molecular weight is 324 g/mol. The maximum Gasteiger partial charge on any atom is 0.272 e. The molecular formula is C15H15Cl2N3O. The molecule has 0 unspecified atom stereocenters. The molecule has 4 nitrogen and oxygen atoms in total. The Balaban J connectivity index is 2.01. The highest BCUT2D eigenvalue weighted by Crippen LogP contribution is 2.20. The highest BCUT2D eigenvalue weighted by molar-refractivity contribution is 6.36. The highest BCUT2D eigenvalue weighted by Gasteiger charge is 2.09. The third-order valence-corrected chi connectivity index (χ3v) is 3.44. The molecule has 1 N–H and O–H groups in total. The van der Waals surface area contributed by atoms with Crippen LogP contribution in [-0.2, 0) is 0 Å². The normalized spacial score (nSPS) is 11.3. The number of carbonyl (C=O) groups is 1. The molecule has 110 valence electrons. The van der Waals surface area contributed by atoms with Crippen LogP contribution in [0.1, 0.15) is 35.8 Å². The molecule has 0 fully saturated rings. The molecule has 0 aliphatic heterocycles. The van der Waals surface area contributed by atoms with E-state index in [0.717, 1.165) is 5.56 Å². The third kappa shape index (κ3) is 4.09. The Hall–Kier alpha value is -1.78. The second kappa shape index (κ2) is 6.78. The lowest BCUT2D eigenvalue weighted by molar-refractivity contribution is 0.0955. The van der Waals surface area contributed by atoms with E-state index in [0.29, 0.717) is 21.7 Å². The van der Waals surface area contributed by atoms with Crippen LogP contribution in [0.15, 0.2) is 41.8 Å². The summed E-state index contributed by atoms with van der Waals surface area (Å²) in [5.41, 5.74) is 3.68. The van der Waals surface area contributed by atoms with E-state index in [1.54, 1.807) is 18.3 Å². The summed E-state index contributed by atoms with van der Waals surface area (Å²) in [5.74, 6) is -0.379. The van der Waals surface area contributed by atoms with Crippen LogP contribution in [-0.4, -0.2) is 16.7 Å². The molecule has 0 bridgehead atoms. The molecule has 1 aromatic heterocycles. The van der Waals surface area contributed by atoms with Crippen LogP contribution in [0.5, 0.6) is 0 Å². The van der Waals surface area contributed by atoms with Gasteiger partial charge in [0.1, 0.15) is 0 Å². The molecule has 0 atom stereocenters. The van der Waals surface area contributed by atoms with Crippen LogP contribution in [0, 0.1) is 0 Å². The van der Waals surface area contributed by atoms with Crippen molar-refractivity contribution in [3.05, 3.63) is 57.8 Å². The SMILES string of the molecule is CC(C)n1ccc(/C=N\NC(=O)c2ccc(Cl)cc2Cl)c1. The van der Waals surface area contributed by atoms with E-state index in [2.05, 4.69) is 28.9 Å². The third-order valence-electron chi connectivity index (χ3n) is 2.89. The van der Waals surface area contributed by atoms with Crippen molar-refractivity contribution in [2.45, 2.75) is 19.9 Å². The van der Waals surface area contributed by atoms with Gasteiger partial charge in [0.15, 0.2) is 0 Å². The molecule has 0 aliphatic carbocycles. The van der Waals surface area contributed by atoms with E-state index >= 15 is 0 Å². The summed E-state index contributed by atoms with van der Waals surface area (Å²) < 4.78 is 2.05. The van der Waals surface area contributed by atoms with E-state index in [1.165, 1.54) is 6.07 Å². The summed E-state index contributed by atoms with van der Waals surface area (Å²) in [6, 6.07) is 6.99. The first-order valence-corrected chi connectivity index (χ1v) is 7.19. The number of nitrogens with one attached hydrogen (secondary N) is 1. The molecule has 1 aromatic carbocycles. The Bertz CT molecular complexity index is 677. The molecular weight excluding hydrogens is 309 g/mol. The van der Waals surface area contributed by atoms with E-state index in [1.807, 2.05) is 18.5 Å². The van der Waals surface area contributed by atoms with Crippen LogP contribution in [0.3, 0.4) is 0 Å². The summed E-state index contributed by atoms with van der Waals surface area (Å²) in [5, 5.41) is 4.70. The van der Waals surface area contributed by atoms with Gasteiger partial charge in [-0.2, -0.15) is 5.10 Å². The van der Waals surface area contributed by atoms with Crippen molar-refractivity contribution in [3.63, 3.8) is 0 Å². The van der Waals surface area contributed by atoms with Gasteiger partial charge < -0.3 is 4.57 Å². The van der Waals surface area contributed by atoms with Crippen LogP contribution >= 0.6 is 23.2 Å². The van der Waals surface area contributed by atoms with E-state index in [-0.39, 0.29) is 5.91 Å². The largest absolute Gasteiger partial charge is 0.351 e. The van der Waals surface area contributed by atoms with Crippen molar-refractivity contribution < 1.29 is 4.79 Å². The van der Waals surface area contributed by atoms with E-state index in [9.17, 15) is 4.79 Å². The lowest BCUT2D eigenvalue weighted by Gasteiger charge is -2.04. The van der Waals surface area contributed by atoms with Crippen LogP contribution in [0.4, 0.5) is 0 Å². The van der Waals surface area contributed by atoms with Gasteiger partial charge >= 0.3 is 0 Å². The van der Waals surface area contributed by atoms with Crippen LogP contribution < -0.4 is 5.43 Å². The number of nitrogens with zero attached hydrogens (tertiary/aromatic N) is 2. The fraction of sp³-hybridized carbons (Fsp3) is 0.200. The Morgan fingerprint density at radius 1 is 1.33 bits per heavy atom. The number of aromatic nitrogens is 1. The second-order valence-electron chi connectivity index (χ2n) is 4.81. The van der Waals surface area contributed by atoms with Gasteiger partial charge in [0.05, 0.1) is 16.8 Å². The lowest BCUT2D eigenvalue weighted by atomic mass is 10.2. The van der Waals surface area contributed by atoms with Crippen molar-refractivity contribution >= 4 is 35.3 Å². The average Bonchev–Trinajstić information content (AvgIpc) is 2.87. The molecule has 2 aromatic rings. The van der Waals surface area contributed by atoms with Crippen LogP contribution in [0.2, 0.25) is 10.0 Å². The van der Waals surface area contributed by atoms with Gasteiger partial charge in [0.2, 0.25) is 0 Å². The first-order chi connectivity index (χ1) is 9.97. The first-order valence-electron chi connectivity index (χ1n) is 6.43. The summed E-state index contributed by atoms with van der Waals surface area (Å²) in [6.07, 6.45) is 5.50. The molecule has 1 heterocycles. The minimum atomic E-state index is -0.379. The minimum Gasteiger partial charge on any atom is -0.351 e. The Morgan fingerprint density at radius 2 is 2.10 bits per heavy atom. The number of rotatable bonds is 4. The smallest absolute Gasteiger partial charge is 0.272 e.